The predicted molar refractivity (Wildman–Crippen MR) is 92.8 cm³/mol. The van der Waals surface area contributed by atoms with Crippen LogP contribution in [0, 0.1) is 6.92 Å². The van der Waals surface area contributed by atoms with E-state index >= 15 is 0 Å². The number of rotatable bonds is 3. The second-order valence-electron chi connectivity index (χ2n) is 6.34. The summed E-state index contributed by atoms with van der Waals surface area (Å²) in [5, 5.41) is 3.84. The molecule has 24 heavy (non-hydrogen) atoms. The Balaban J connectivity index is 0.00000208. The van der Waals surface area contributed by atoms with E-state index in [1.807, 2.05) is 35.2 Å². The van der Waals surface area contributed by atoms with Gasteiger partial charge >= 0.3 is 0 Å². The van der Waals surface area contributed by atoms with E-state index in [2.05, 4.69) is 10.1 Å². The first-order valence-electron chi connectivity index (χ1n) is 7.92. The molecule has 3 rings (SSSR count). The number of likely N-dealkylation sites (tertiary alicyclic amines) is 1. The molecule has 1 aliphatic rings. The monoisotopic (exact) mass is 350 g/mol. The first-order valence-corrected chi connectivity index (χ1v) is 7.92. The van der Waals surface area contributed by atoms with Gasteiger partial charge in [-0.1, -0.05) is 35.5 Å². The van der Waals surface area contributed by atoms with Crippen LogP contribution >= 0.6 is 12.4 Å². The molecule has 130 valence electrons. The van der Waals surface area contributed by atoms with E-state index in [0.717, 1.165) is 18.4 Å². The lowest BCUT2D eigenvalue weighted by Gasteiger charge is -2.36. The Labute approximate surface area is 147 Å². The zero-order valence-electron chi connectivity index (χ0n) is 13.9. The number of benzene rings is 1. The van der Waals surface area contributed by atoms with E-state index in [-0.39, 0.29) is 24.2 Å². The third kappa shape index (κ3) is 3.60. The standard InChI is InChI=1S/C17H22N4O2.ClH/c1-12-19-15(23-20-12)13-7-6-10-21(11-13)16(22)17(2,18)14-8-4-3-5-9-14;/h3-5,8-9,13H,6-7,10-11,18H2,1-2H3;1H. The Bertz CT molecular complexity index is 687. The molecule has 1 aromatic carbocycles. The Morgan fingerprint density at radius 1 is 1.38 bits per heavy atom. The number of carbonyl (C=O) groups is 1. The molecule has 0 aliphatic carbocycles. The van der Waals surface area contributed by atoms with Crippen molar-refractivity contribution < 1.29 is 9.32 Å². The molecule has 1 aliphatic heterocycles. The van der Waals surface area contributed by atoms with Crippen LogP contribution in [0.25, 0.3) is 0 Å². The zero-order valence-corrected chi connectivity index (χ0v) is 14.8. The van der Waals surface area contributed by atoms with Crippen LogP contribution in [0.2, 0.25) is 0 Å². The summed E-state index contributed by atoms with van der Waals surface area (Å²) in [6, 6.07) is 9.49. The molecule has 0 bridgehead atoms. The second-order valence-corrected chi connectivity index (χ2v) is 6.34. The maximum absolute atomic E-state index is 12.9. The highest BCUT2D eigenvalue weighted by atomic mass is 35.5. The number of aromatic nitrogens is 2. The second kappa shape index (κ2) is 7.32. The van der Waals surface area contributed by atoms with E-state index in [1.54, 1.807) is 13.8 Å². The summed E-state index contributed by atoms with van der Waals surface area (Å²) >= 11 is 0. The van der Waals surface area contributed by atoms with Crippen LogP contribution in [0.3, 0.4) is 0 Å². The zero-order chi connectivity index (χ0) is 16.4. The fraction of sp³-hybridized carbons (Fsp3) is 0.471. The number of carbonyl (C=O) groups excluding carboxylic acids is 1. The van der Waals surface area contributed by atoms with Crippen LogP contribution in [0.4, 0.5) is 0 Å². The van der Waals surface area contributed by atoms with Crippen molar-refractivity contribution in [3.8, 4) is 0 Å². The number of hydrogen-bond acceptors (Lipinski definition) is 5. The Morgan fingerprint density at radius 3 is 2.71 bits per heavy atom. The number of piperidine rings is 1. The van der Waals surface area contributed by atoms with Crippen molar-refractivity contribution in [1.82, 2.24) is 15.0 Å². The molecule has 2 heterocycles. The maximum atomic E-state index is 12.9. The minimum absolute atomic E-state index is 0. The summed E-state index contributed by atoms with van der Waals surface area (Å²) in [7, 11) is 0. The highest BCUT2D eigenvalue weighted by Crippen LogP contribution is 2.29. The molecule has 6 nitrogen and oxygen atoms in total. The molecule has 1 saturated heterocycles. The Morgan fingerprint density at radius 2 is 2.08 bits per heavy atom. The van der Waals surface area contributed by atoms with Crippen molar-refractivity contribution in [3.05, 3.63) is 47.6 Å². The minimum Gasteiger partial charge on any atom is -0.340 e. The van der Waals surface area contributed by atoms with E-state index in [0.29, 0.717) is 24.8 Å². The average Bonchev–Trinajstić information content (AvgIpc) is 3.01. The highest BCUT2D eigenvalue weighted by Gasteiger charge is 2.37. The SMILES string of the molecule is Cc1noc(C2CCCN(C(=O)C(C)(N)c3ccccc3)C2)n1.Cl. The fourth-order valence-corrected chi connectivity index (χ4v) is 3.08. The normalized spacial score (nSPS) is 20.1. The van der Waals surface area contributed by atoms with Crippen LogP contribution in [0.5, 0.6) is 0 Å². The number of aryl methyl sites for hydroxylation is 1. The quantitative estimate of drug-likeness (QED) is 0.918. The molecular weight excluding hydrogens is 328 g/mol. The van der Waals surface area contributed by atoms with Crippen molar-refractivity contribution in [2.75, 3.05) is 13.1 Å². The number of hydrogen-bond donors (Lipinski definition) is 1. The predicted octanol–water partition coefficient (Wildman–Crippen LogP) is 2.38. The van der Waals surface area contributed by atoms with E-state index in [9.17, 15) is 4.79 Å². The topological polar surface area (TPSA) is 85.2 Å². The molecule has 0 saturated carbocycles. The lowest BCUT2D eigenvalue weighted by molar-refractivity contribution is -0.138. The van der Waals surface area contributed by atoms with Crippen LogP contribution < -0.4 is 5.73 Å². The molecule has 2 unspecified atom stereocenters. The van der Waals surface area contributed by atoms with Crippen LogP contribution in [-0.2, 0) is 10.3 Å². The summed E-state index contributed by atoms with van der Waals surface area (Å²) in [6.45, 7) is 4.85. The van der Waals surface area contributed by atoms with Gasteiger partial charge in [0.05, 0.1) is 5.92 Å². The first kappa shape index (κ1) is 18.4. The van der Waals surface area contributed by atoms with Crippen molar-refractivity contribution in [1.29, 1.82) is 0 Å². The summed E-state index contributed by atoms with van der Waals surface area (Å²) in [5.74, 6) is 1.25. The molecule has 7 heteroatoms. The van der Waals surface area contributed by atoms with Crippen molar-refractivity contribution in [3.63, 3.8) is 0 Å². The molecule has 1 aromatic heterocycles. The van der Waals surface area contributed by atoms with Gasteiger partial charge in [-0.3, -0.25) is 4.79 Å². The van der Waals surface area contributed by atoms with E-state index < -0.39 is 5.54 Å². The largest absolute Gasteiger partial charge is 0.340 e. The van der Waals surface area contributed by atoms with Gasteiger partial charge in [-0.05, 0) is 32.3 Å². The molecule has 1 amide bonds. The molecule has 2 atom stereocenters. The third-order valence-electron chi connectivity index (χ3n) is 4.42. The maximum Gasteiger partial charge on any atom is 0.246 e. The average molecular weight is 351 g/mol. The van der Waals surface area contributed by atoms with E-state index in [4.69, 9.17) is 10.3 Å². The molecule has 1 fully saturated rings. The summed E-state index contributed by atoms with van der Waals surface area (Å²) in [4.78, 5) is 19.1. The summed E-state index contributed by atoms with van der Waals surface area (Å²) in [6.07, 6.45) is 1.85. The lowest BCUT2D eigenvalue weighted by Crippen LogP contribution is -2.53. The highest BCUT2D eigenvalue weighted by molar-refractivity contribution is 5.87. The summed E-state index contributed by atoms with van der Waals surface area (Å²) < 4.78 is 5.27. The Kier molecular flexibility index (Phi) is 5.62. The summed E-state index contributed by atoms with van der Waals surface area (Å²) in [5.41, 5.74) is 6.14. The molecule has 2 aromatic rings. The van der Waals surface area contributed by atoms with Crippen LogP contribution in [0.1, 0.15) is 43.0 Å². The van der Waals surface area contributed by atoms with Crippen molar-refractivity contribution >= 4 is 18.3 Å². The van der Waals surface area contributed by atoms with Gasteiger partial charge in [0, 0.05) is 13.1 Å². The van der Waals surface area contributed by atoms with Gasteiger partial charge in [0.25, 0.3) is 0 Å². The third-order valence-corrected chi connectivity index (χ3v) is 4.42. The molecule has 0 radical (unpaired) electrons. The van der Waals surface area contributed by atoms with Crippen LogP contribution in [0.15, 0.2) is 34.9 Å². The smallest absolute Gasteiger partial charge is 0.246 e. The lowest BCUT2D eigenvalue weighted by atomic mass is 9.89. The molecular formula is C17H23ClN4O2. The van der Waals surface area contributed by atoms with Gasteiger partial charge in [0.2, 0.25) is 11.8 Å². The Hall–Kier alpha value is -1.92. The number of nitrogens with two attached hydrogens (primary N) is 1. The van der Waals surface area contributed by atoms with E-state index in [1.165, 1.54) is 0 Å². The van der Waals surface area contributed by atoms with Crippen molar-refractivity contribution in [2.24, 2.45) is 5.73 Å². The van der Waals surface area contributed by atoms with Crippen LogP contribution in [-0.4, -0.2) is 34.0 Å². The number of amides is 1. The first-order chi connectivity index (χ1) is 11.0. The van der Waals surface area contributed by atoms with Gasteiger partial charge in [0.15, 0.2) is 5.82 Å². The van der Waals surface area contributed by atoms with Gasteiger partial charge in [-0.25, -0.2) is 0 Å². The van der Waals surface area contributed by atoms with Crippen molar-refractivity contribution in [2.45, 2.75) is 38.1 Å². The molecule has 0 spiro atoms. The molecule has 2 N–H and O–H groups in total. The van der Waals surface area contributed by atoms with Gasteiger partial charge < -0.3 is 15.2 Å². The van der Waals surface area contributed by atoms with Gasteiger partial charge in [0.1, 0.15) is 5.54 Å². The van der Waals surface area contributed by atoms with Gasteiger partial charge in [-0.2, -0.15) is 4.98 Å². The number of halogens is 1. The fourth-order valence-electron chi connectivity index (χ4n) is 3.08. The number of nitrogens with zero attached hydrogens (tertiary/aromatic N) is 3. The van der Waals surface area contributed by atoms with Gasteiger partial charge in [-0.15, -0.1) is 12.4 Å². The minimum atomic E-state index is -1.03.